The van der Waals surface area contributed by atoms with E-state index in [1.807, 2.05) is 31.2 Å². The molecule has 0 fully saturated rings. The number of anilines is 2. The Bertz CT molecular complexity index is 654. The number of amides is 1. The lowest BCUT2D eigenvalue weighted by molar-refractivity contribution is 0.102. The highest BCUT2D eigenvalue weighted by Gasteiger charge is 2.11. The first-order valence-corrected chi connectivity index (χ1v) is 8.00. The van der Waals surface area contributed by atoms with Crippen LogP contribution in [0.1, 0.15) is 29.9 Å². The van der Waals surface area contributed by atoms with Crippen LogP contribution in [-0.2, 0) is 0 Å². The van der Waals surface area contributed by atoms with E-state index >= 15 is 0 Å². The summed E-state index contributed by atoms with van der Waals surface area (Å²) in [5.41, 5.74) is 2.05. The van der Waals surface area contributed by atoms with Gasteiger partial charge in [-0.2, -0.15) is 0 Å². The van der Waals surface area contributed by atoms with E-state index in [0.29, 0.717) is 5.69 Å². The highest BCUT2D eigenvalue weighted by Crippen LogP contribution is 2.20. The van der Waals surface area contributed by atoms with E-state index in [1.54, 1.807) is 6.07 Å². The van der Waals surface area contributed by atoms with Crippen LogP contribution in [0.25, 0.3) is 0 Å². The van der Waals surface area contributed by atoms with Crippen molar-refractivity contribution < 1.29 is 4.79 Å². The number of carbonyl (C=O) groups is 1. The average molecular weight is 363 g/mol. The molecule has 6 heteroatoms. The molecule has 0 bridgehead atoms. The highest BCUT2D eigenvalue weighted by atomic mass is 79.9. The third-order valence-electron chi connectivity index (χ3n) is 3.41. The molecule has 0 aliphatic rings. The molecule has 0 radical (unpaired) electrons. The lowest BCUT2D eigenvalue weighted by Crippen LogP contribution is -2.24. The Labute approximate surface area is 138 Å². The Morgan fingerprint density at radius 2 is 1.91 bits per heavy atom. The maximum absolute atomic E-state index is 12.2. The van der Waals surface area contributed by atoms with Gasteiger partial charge in [0.1, 0.15) is 0 Å². The topological polar surface area (TPSA) is 58.1 Å². The number of rotatable bonds is 5. The molecular formula is C16H19BrN4O. The summed E-state index contributed by atoms with van der Waals surface area (Å²) in [6.45, 7) is 7.77. The van der Waals surface area contributed by atoms with E-state index in [0.717, 1.165) is 34.6 Å². The molecule has 0 atom stereocenters. The zero-order valence-corrected chi connectivity index (χ0v) is 14.5. The van der Waals surface area contributed by atoms with Crippen molar-refractivity contribution in [3.05, 3.63) is 46.1 Å². The summed E-state index contributed by atoms with van der Waals surface area (Å²) in [6.07, 6.45) is 0. The van der Waals surface area contributed by atoms with Crippen LogP contribution in [0.3, 0.4) is 0 Å². The van der Waals surface area contributed by atoms with Gasteiger partial charge in [0.15, 0.2) is 11.5 Å². The van der Waals surface area contributed by atoms with Gasteiger partial charge in [0, 0.05) is 23.2 Å². The van der Waals surface area contributed by atoms with Gasteiger partial charge in [0.25, 0.3) is 5.91 Å². The van der Waals surface area contributed by atoms with Crippen LogP contribution in [0, 0.1) is 6.92 Å². The van der Waals surface area contributed by atoms with Gasteiger partial charge >= 0.3 is 0 Å². The van der Waals surface area contributed by atoms with Gasteiger partial charge in [-0.05, 0) is 56.7 Å². The van der Waals surface area contributed by atoms with Gasteiger partial charge < -0.3 is 10.2 Å². The van der Waals surface area contributed by atoms with Crippen molar-refractivity contribution >= 4 is 33.3 Å². The SMILES string of the molecule is CCN(CC)c1ccc(C(=O)Nc2ccc(Br)cc2C)nn1. The summed E-state index contributed by atoms with van der Waals surface area (Å²) in [7, 11) is 0. The van der Waals surface area contributed by atoms with E-state index in [1.165, 1.54) is 0 Å². The number of nitrogens with zero attached hydrogens (tertiary/aromatic N) is 3. The van der Waals surface area contributed by atoms with Crippen molar-refractivity contribution in [1.29, 1.82) is 0 Å². The van der Waals surface area contributed by atoms with Gasteiger partial charge in [-0.15, -0.1) is 10.2 Å². The first kappa shape index (κ1) is 16.4. The summed E-state index contributed by atoms with van der Waals surface area (Å²) in [5, 5.41) is 11.0. The summed E-state index contributed by atoms with van der Waals surface area (Å²) >= 11 is 3.40. The van der Waals surface area contributed by atoms with Crippen molar-refractivity contribution in [3.8, 4) is 0 Å². The van der Waals surface area contributed by atoms with Gasteiger partial charge in [-0.3, -0.25) is 4.79 Å². The zero-order valence-electron chi connectivity index (χ0n) is 12.9. The molecule has 1 N–H and O–H groups in total. The highest BCUT2D eigenvalue weighted by molar-refractivity contribution is 9.10. The molecule has 0 saturated carbocycles. The minimum atomic E-state index is -0.260. The fraction of sp³-hybridized carbons (Fsp3) is 0.312. The summed E-state index contributed by atoms with van der Waals surface area (Å²) in [6, 6.07) is 9.21. The van der Waals surface area contributed by atoms with Crippen molar-refractivity contribution in [1.82, 2.24) is 10.2 Å². The third-order valence-corrected chi connectivity index (χ3v) is 3.90. The molecule has 0 aliphatic heterocycles. The molecule has 0 saturated heterocycles. The zero-order chi connectivity index (χ0) is 16.1. The Hall–Kier alpha value is -1.95. The number of halogens is 1. The van der Waals surface area contributed by atoms with Crippen LogP contribution in [0.2, 0.25) is 0 Å². The van der Waals surface area contributed by atoms with Crippen LogP contribution >= 0.6 is 15.9 Å². The van der Waals surface area contributed by atoms with E-state index in [2.05, 4.69) is 50.2 Å². The van der Waals surface area contributed by atoms with Crippen LogP contribution in [0.4, 0.5) is 11.5 Å². The summed E-state index contributed by atoms with van der Waals surface area (Å²) < 4.78 is 0.978. The number of aryl methyl sites for hydroxylation is 1. The van der Waals surface area contributed by atoms with Crippen LogP contribution in [0.15, 0.2) is 34.8 Å². The maximum Gasteiger partial charge on any atom is 0.276 e. The van der Waals surface area contributed by atoms with Crippen LogP contribution in [-0.4, -0.2) is 29.2 Å². The normalized spacial score (nSPS) is 10.4. The molecule has 116 valence electrons. The van der Waals surface area contributed by atoms with Gasteiger partial charge in [0.05, 0.1) is 0 Å². The van der Waals surface area contributed by atoms with E-state index in [4.69, 9.17) is 0 Å². The number of nitrogens with one attached hydrogen (secondary N) is 1. The summed E-state index contributed by atoms with van der Waals surface area (Å²) in [4.78, 5) is 14.3. The van der Waals surface area contributed by atoms with Crippen molar-refractivity contribution in [3.63, 3.8) is 0 Å². The molecule has 1 heterocycles. The number of aromatic nitrogens is 2. The number of hydrogen-bond donors (Lipinski definition) is 1. The molecule has 0 unspecified atom stereocenters. The molecule has 22 heavy (non-hydrogen) atoms. The van der Waals surface area contributed by atoms with Gasteiger partial charge in [0.2, 0.25) is 0 Å². The second-order valence-electron chi connectivity index (χ2n) is 4.86. The van der Waals surface area contributed by atoms with E-state index in [-0.39, 0.29) is 5.91 Å². The van der Waals surface area contributed by atoms with Crippen molar-refractivity contribution in [2.45, 2.75) is 20.8 Å². The second kappa shape index (κ2) is 7.35. The Balaban J connectivity index is 2.13. The van der Waals surface area contributed by atoms with Gasteiger partial charge in [-0.1, -0.05) is 15.9 Å². The monoisotopic (exact) mass is 362 g/mol. The largest absolute Gasteiger partial charge is 0.356 e. The van der Waals surface area contributed by atoms with Crippen LogP contribution < -0.4 is 10.2 Å². The Morgan fingerprint density at radius 1 is 1.18 bits per heavy atom. The Morgan fingerprint density at radius 3 is 2.45 bits per heavy atom. The molecule has 2 aromatic rings. The predicted molar refractivity (Wildman–Crippen MR) is 92.4 cm³/mol. The molecule has 1 aromatic carbocycles. The molecule has 2 rings (SSSR count). The fourth-order valence-corrected chi connectivity index (χ4v) is 2.59. The lowest BCUT2D eigenvalue weighted by atomic mass is 10.2. The first-order valence-electron chi connectivity index (χ1n) is 7.21. The fourth-order valence-electron chi connectivity index (χ4n) is 2.12. The van der Waals surface area contributed by atoms with Crippen molar-refractivity contribution in [2.24, 2.45) is 0 Å². The number of benzene rings is 1. The maximum atomic E-state index is 12.2. The molecule has 1 aromatic heterocycles. The number of hydrogen-bond acceptors (Lipinski definition) is 4. The van der Waals surface area contributed by atoms with Crippen molar-refractivity contribution in [2.75, 3.05) is 23.3 Å². The van der Waals surface area contributed by atoms with Gasteiger partial charge in [-0.25, -0.2) is 0 Å². The van der Waals surface area contributed by atoms with Crippen LogP contribution in [0.5, 0.6) is 0 Å². The Kier molecular flexibility index (Phi) is 5.49. The van der Waals surface area contributed by atoms with E-state index < -0.39 is 0 Å². The average Bonchev–Trinajstić information content (AvgIpc) is 2.52. The standard InChI is InChI=1S/C16H19BrN4O/c1-4-21(5-2)15-9-8-14(19-20-15)16(22)18-13-7-6-12(17)10-11(13)3/h6-10H,4-5H2,1-3H3,(H,18,22). The minimum absolute atomic E-state index is 0.260. The molecule has 0 aliphatic carbocycles. The van der Waals surface area contributed by atoms with E-state index in [9.17, 15) is 4.79 Å². The number of carbonyl (C=O) groups excluding carboxylic acids is 1. The first-order chi connectivity index (χ1) is 10.5. The molecule has 1 amide bonds. The lowest BCUT2D eigenvalue weighted by Gasteiger charge is -2.18. The molecule has 0 spiro atoms. The molecule has 5 nitrogen and oxygen atoms in total. The summed E-state index contributed by atoms with van der Waals surface area (Å²) in [5.74, 6) is 0.519. The quantitative estimate of drug-likeness (QED) is 0.881. The third kappa shape index (κ3) is 3.82. The second-order valence-corrected chi connectivity index (χ2v) is 5.78. The smallest absolute Gasteiger partial charge is 0.276 e. The predicted octanol–water partition coefficient (Wildman–Crippen LogP) is 3.65. The molecular weight excluding hydrogens is 344 g/mol. The minimum Gasteiger partial charge on any atom is -0.356 e.